The third-order valence-corrected chi connectivity index (χ3v) is 3.14. The van der Waals surface area contributed by atoms with Crippen molar-refractivity contribution in [2.24, 2.45) is 0 Å². The number of hydrogen-bond acceptors (Lipinski definition) is 0. The van der Waals surface area contributed by atoms with Gasteiger partial charge in [-0.15, -0.1) is 0 Å². The van der Waals surface area contributed by atoms with E-state index in [4.69, 9.17) is 0 Å². The van der Waals surface area contributed by atoms with Crippen LogP contribution in [0.4, 0.5) is 13.2 Å². The Kier molecular flexibility index (Phi) is 3.65. The lowest BCUT2D eigenvalue weighted by molar-refractivity contribution is 0.0178. The lowest BCUT2D eigenvalue weighted by atomic mass is 9.95. The average molecular weight is 264 g/mol. The zero-order chi connectivity index (χ0) is 14.0. The van der Waals surface area contributed by atoms with E-state index >= 15 is 0 Å². The molecule has 2 rings (SSSR count). The van der Waals surface area contributed by atoms with Crippen molar-refractivity contribution < 1.29 is 13.2 Å². The summed E-state index contributed by atoms with van der Waals surface area (Å²) < 4.78 is 41.0. The summed E-state index contributed by atoms with van der Waals surface area (Å²) in [4.78, 5) is 0. The van der Waals surface area contributed by atoms with Crippen LogP contribution in [0.25, 0.3) is 11.1 Å². The van der Waals surface area contributed by atoms with Gasteiger partial charge in [-0.3, -0.25) is 0 Å². The second-order valence-electron chi connectivity index (χ2n) is 4.60. The minimum absolute atomic E-state index is 0.0161. The van der Waals surface area contributed by atoms with Crippen molar-refractivity contribution in [2.75, 3.05) is 0 Å². The normalized spacial score (nSPS) is 11.6. The predicted octanol–water partition coefficient (Wildman–Crippen LogP) is 5.17. The van der Waals surface area contributed by atoms with Crippen LogP contribution in [0.5, 0.6) is 0 Å². The molecule has 0 aliphatic rings. The standard InChI is InChI=1S/C16H15F3/c1-3-11-7-9-12(10-8-11)15-13(16(2,18)19)5-4-6-14(15)17/h4-10H,3H2,1-2H3. The van der Waals surface area contributed by atoms with Crippen molar-refractivity contribution in [3.8, 4) is 11.1 Å². The summed E-state index contributed by atoms with van der Waals surface area (Å²) in [6.45, 7) is 2.79. The van der Waals surface area contributed by atoms with Gasteiger partial charge < -0.3 is 0 Å². The van der Waals surface area contributed by atoms with Gasteiger partial charge in [-0.05, 0) is 23.6 Å². The van der Waals surface area contributed by atoms with Crippen LogP contribution >= 0.6 is 0 Å². The predicted molar refractivity (Wildman–Crippen MR) is 70.8 cm³/mol. The summed E-state index contributed by atoms with van der Waals surface area (Å²) in [5, 5.41) is 0. The largest absolute Gasteiger partial charge is 0.271 e. The Balaban J connectivity index is 2.60. The molecule has 0 amide bonds. The molecule has 100 valence electrons. The van der Waals surface area contributed by atoms with Crippen LogP contribution < -0.4 is 0 Å². The molecule has 0 atom stereocenters. The lowest BCUT2D eigenvalue weighted by Gasteiger charge is -2.16. The van der Waals surface area contributed by atoms with E-state index in [1.807, 2.05) is 19.1 Å². The van der Waals surface area contributed by atoms with E-state index in [2.05, 4.69) is 0 Å². The van der Waals surface area contributed by atoms with Crippen LogP contribution in [0, 0.1) is 5.82 Å². The van der Waals surface area contributed by atoms with E-state index < -0.39 is 11.7 Å². The summed E-state index contributed by atoms with van der Waals surface area (Å²) in [5.74, 6) is -3.69. The van der Waals surface area contributed by atoms with Gasteiger partial charge in [-0.1, -0.05) is 43.3 Å². The Bertz CT molecular complexity index is 566. The maximum atomic E-state index is 13.9. The molecular weight excluding hydrogens is 249 g/mol. The summed E-state index contributed by atoms with van der Waals surface area (Å²) in [6.07, 6.45) is 0.856. The van der Waals surface area contributed by atoms with Crippen LogP contribution in [0.2, 0.25) is 0 Å². The van der Waals surface area contributed by atoms with E-state index in [9.17, 15) is 13.2 Å². The first-order chi connectivity index (χ1) is 8.93. The lowest BCUT2D eigenvalue weighted by Crippen LogP contribution is -2.10. The monoisotopic (exact) mass is 264 g/mol. The maximum Gasteiger partial charge on any atom is 0.271 e. The molecular formula is C16H15F3. The molecule has 3 heteroatoms. The molecule has 0 aliphatic heterocycles. The van der Waals surface area contributed by atoms with Crippen molar-refractivity contribution in [2.45, 2.75) is 26.2 Å². The summed E-state index contributed by atoms with van der Waals surface area (Å²) in [6, 6.07) is 10.8. The van der Waals surface area contributed by atoms with Crippen LogP contribution in [-0.2, 0) is 12.3 Å². The fourth-order valence-corrected chi connectivity index (χ4v) is 2.09. The van der Waals surface area contributed by atoms with Gasteiger partial charge in [0.05, 0.1) is 0 Å². The third-order valence-electron chi connectivity index (χ3n) is 3.14. The Hall–Kier alpha value is -1.77. The van der Waals surface area contributed by atoms with E-state index in [-0.39, 0.29) is 11.1 Å². The molecule has 0 N–H and O–H groups in total. The number of halogens is 3. The molecule has 0 unspecified atom stereocenters. The van der Waals surface area contributed by atoms with Gasteiger partial charge >= 0.3 is 0 Å². The van der Waals surface area contributed by atoms with Crippen molar-refractivity contribution in [3.63, 3.8) is 0 Å². The molecule has 0 saturated heterocycles. The van der Waals surface area contributed by atoms with Gasteiger partial charge in [-0.2, -0.15) is 0 Å². The minimum atomic E-state index is -3.07. The fourth-order valence-electron chi connectivity index (χ4n) is 2.09. The Morgan fingerprint density at radius 1 is 1.00 bits per heavy atom. The molecule has 0 nitrogen and oxygen atoms in total. The van der Waals surface area contributed by atoms with Crippen LogP contribution in [0.15, 0.2) is 42.5 Å². The Morgan fingerprint density at radius 3 is 2.16 bits per heavy atom. The Morgan fingerprint density at radius 2 is 1.63 bits per heavy atom. The van der Waals surface area contributed by atoms with Crippen molar-refractivity contribution in [1.29, 1.82) is 0 Å². The number of alkyl halides is 2. The Labute approximate surface area is 110 Å². The fraction of sp³-hybridized carbons (Fsp3) is 0.250. The first kappa shape index (κ1) is 13.7. The second kappa shape index (κ2) is 5.08. The van der Waals surface area contributed by atoms with E-state index in [0.29, 0.717) is 5.56 Å². The first-order valence-electron chi connectivity index (χ1n) is 6.19. The van der Waals surface area contributed by atoms with Gasteiger partial charge in [0, 0.05) is 18.1 Å². The number of aryl methyl sites for hydroxylation is 1. The van der Waals surface area contributed by atoms with Crippen LogP contribution in [-0.4, -0.2) is 0 Å². The SMILES string of the molecule is CCc1ccc(-c2c(F)cccc2C(C)(F)F)cc1. The highest BCUT2D eigenvalue weighted by molar-refractivity contribution is 5.69. The van der Waals surface area contributed by atoms with E-state index in [0.717, 1.165) is 18.9 Å². The third kappa shape index (κ3) is 2.80. The molecule has 19 heavy (non-hydrogen) atoms. The van der Waals surface area contributed by atoms with Gasteiger partial charge in [0.1, 0.15) is 5.82 Å². The molecule has 2 aromatic rings. The topological polar surface area (TPSA) is 0 Å². The molecule has 0 fully saturated rings. The van der Waals surface area contributed by atoms with Gasteiger partial charge in [0.15, 0.2) is 0 Å². The van der Waals surface area contributed by atoms with Crippen molar-refractivity contribution in [3.05, 3.63) is 59.4 Å². The van der Waals surface area contributed by atoms with Gasteiger partial charge in [-0.25, -0.2) is 13.2 Å². The summed E-state index contributed by atoms with van der Waals surface area (Å²) in [5.41, 5.74) is 1.27. The zero-order valence-electron chi connectivity index (χ0n) is 10.9. The molecule has 2 aromatic carbocycles. The smallest absolute Gasteiger partial charge is 0.206 e. The summed E-state index contributed by atoms with van der Waals surface area (Å²) in [7, 11) is 0. The first-order valence-corrected chi connectivity index (χ1v) is 6.19. The second-order valence-corrected chi connectivity index (χ2v) is 4.60. The van der Waals surface area contributed by atoms with Crippen molar-refractivity contribution in [1.82, 2.24) is 0 Å². The highest BCUT2D eigenvalue weighted by atomic mass is 19.3. The highest BCUT2D eigenvalue weighted by Crippen LogP contribution is 2.37. The number of hydrogen-bond donors (Lipinski definition) is 0. The minimum Gasteiger partial charge on any atom is -0.206 e. The molecule has 0 spiro atoms. The quantitative estimate of drug-likeness (QED) is 0.717. The van der Waals surface area contributed by atoms with Gasteiger partial charge in [0.2, 0.25) is 0 Å². The molecule has 0 radical (unpaired) electrons. The average Bonchev–Trinajstić information content (AvgIpc) is 2.37. The van der Waals surface area contributed by atoms with Crippen LogP contribution in [0.1, 0.15) is 25.0 Å². The molecule has 0 heterocycles. The van der Waals surface area contributed by atoms with Crippen LogP contribution in [0.3, 0.4) is 0 Å². The molecule has 0 saturated carbocycles. The summed E-state index contributed by atoms with van der Waals surface area (Å²) >= 11 is 0. The zero-order valence-corrected chi connectivity index (χ0v) is 10.9. The number of benzene rings is 2. The molecule has 0 aliphatic carbocycles. The maximum absolute atomic E-state index is 13.9. The van der Waals surface area contributed by atoms with Crippen molar-refractivity contribution >= 4 is 0 Å². The highest BCUT2D eigenvalue weighted by Gasteiger charge is 2.29. The van der Waals surface area contributed by atoms with Gasteiger partial charge in [0.25, 0.3) is 5.92 Å². The number of rotatable bonds is 3. The molecule has 0 bridgehead atoms. The molecule has 0 aromatic heterocycles. The van der Waals surface area contributed by atoms with E-state index in [1.165, 1.54) is 18.2 Å². The van der Waals surface area contributed by atoms with E-state index in [1.54, 1.807) is 12.1 Å².